The van der Waals surface area contributed by atoms with Crippen molar-refractivity contribution in [2.75, 3.05) is 13.7 Å². The number of aromatic nitrogens is 2. The first-order chi connectivity index (χ1) is 11.7. The minimum atomic E-state index is -0.999. The van der Waals surface area contributed by atoms with E-state index in [0.29, 0.717) is 22.8 Å². The van der Waals surface area contributed by atoms with Crippen LogP contribution in [-0.2, 0) is 0 Å². The van der Waals surface area contributed by atoms with Gasteiger partial charge in [0.05, 0.1) is 12.7 Å². The molecule has 0 radical (unpaired) electrons. The zero-order chi connectivity index (χ0) is 16.9. The maximum Gasteiger partial charge on any atom is 0.251 e. The van der Waals surface area contributed by atoms with Crippen LogP contribution in [0.25, 0.3) is 11.5 Å². The van der Waals surface area contributed by atoms with Gasteiger partial charge in [-0.3, -0.25) is 0 Å². The van der Waals surface area contributed by atoms with Crippen molar-refractivity contribution < 1.29 is 23.4 Å². The Morgan fingerprint density at radius 2 is 2.04 bits per heavy atom. The number of methoxy groups -OCH3 is 1. The lowest BCUT2D eigenvalue weighted by Crippen LogP contribution is -2.10. The molecule has 3 aromatic rings. The van der Waals surface area contributed by atoms with Crippen molar-refractivity contribution in [1.82, 2.24) is 10.2 Å². The highest BCUT2D eigenvalue weighted by atomic mass is 19.1. The Balaban J connectivity index is 1.73. The van der Waals surface area contributed by atoms with Crippen molar-refractivity contribution in [3.8, 4) is 23.0 Å². The van der Waals surface area contributed by atoms with Gasteiger partial charge in [0.25, 0.3) is 5.89 Å². The quantitative estimate of drug-likeness (QED) is 0.748. The number of hydrogen-bond donors (Lipinski definition) is 1. The summed E-state index contributed by atoms with van der Waals surface area (Å²) in [5.41, 5.74) is 1.01. The number of nitrogens with zero attached hydrogens (tertiary/aromatic N) is 2. The Labute approximate surface area is 137 Å². The van der Waals surface area contributed by atoms with Crippen LogP contribution in [0.3, 0.4) is 0 Å². The van der Waals surface area contributed by atoms with E-state index in [-0.39, 0.29) is 12.4 Å². The second kappa shape index (κ2) is 7.10. The number of benzene rings is 2. The molecule has 24 heavy (non-hydrogen) atoms. The molecule has 0 spiro atoms. The Morgan fingerprint density at radius 3 is 2.75 bits per heavy atom. The summed E-state index contributed by atoms with van der Waals surface area (Å²) in [6.07, 6.45) is 0.224. The van der Waals surface area contributed by atoms with Crippen LogP contribution in [0.2, 0.25) is 0 Å². The average molecular weight is 330 g/mol. The summed E-state index contributed by atoms with van der Waals surface area (Å²) >= 11 is 0. The van der Waals surface area contributed by atoms with Gasteiger partial charge in [-0.25, -0.2) is 4.39 Å². The Hall–Kier alpha value is -2.93. The third-order valence-electron chi connectivity index (χ3n) is 3.43. The van der Waals surface area contributed by atoms with Crippen molar-refractivity contribution in [3.63, 3.8) is 0 Å². The van der Waals surface area contributed by atoms with Crippen LogP contribution in [0.15, 0.2) is 53.3 Å². The standard InChI is InChI=1S/C17H15FN2O4/c1-22-16-7-6-11(8-13(16)18)14(21)9-23-15-5-3-2-4-12(15)17-20-19-10-24-17/h2-8,10,14,21H,9H2,1H3. The third-order valence-corrected chi connectivity index (χ3v) is 3.43. The van der Waals surface area contributed by atoms with Gasteiger partial charge in [0, 0.05) is 0 Å². The fourth-order valence-electron chi connectivity index (χ4n) is 2.21. The molecule has 0 saturated carbocycles. The number of aliphatic hydroxyl groups excluding tert-OH is 1. The molecule has 0 amide bonds. The summed E-state index contributed by atoms with van der Waals surface area (Å²) in [5.74, 6) is 0.374. The van der Waals surface area contributed by atoms with E-state index in [1.165, 1.54) is 25.6 Å². The number of hydrogen-bond acceptors (Lipinski definition) is 6. The van der Waals surface area contributed by atoms with E-state index in [2.05, 4.69) is 10.2 Å². The van der Waals surface area contributed by atoms with Crippen molar-refractivity contribution in [3.05, 3.63) is 60.2 Å². The topological polar surface area (TPSA) is 77.6 Å². The lowest BCUT2D eigenvalue weighted by Gasteiger charge is -2.15. The third kappa shape index (κ3) is 3.36. The van der Waals surface area contributed by atoms with Gasteiger partial charge in [-0.1, -0.05) is 18.2 Å². The minimum absolute atomic E-state index is 0.0586. The highest BCUT2D eigenvalue weighted by Crippen LogP contribution is 2.29. The summed E-state index contributed by atoms with van der Waals surface area (Å²) < 4.78 is 29.4. The molecule has 3 rings (SSSR count). The molecular weight excluding hydrogens is 315 g/mol. The van der Waals surface area contributed by atoms with Crippen LogP contribution in [0, 0.1) is 5.82 Å². The van der Waals surface area contributed by atoms with E-state index < -0.39 is 11.9 Å². The fraction of sp³-hybridized carbons (Fsp3) is 0.176. The molecule has 1 aromatic heterocycles. The van der Waals surface area contributed by atoms with Crippen LogP contribution >= 0.6 is 0 Å². The van der Waals surface area contributed by atoms with Gasteiger partial charge in [-0.15, -0.1) is 10.2 Å². The van der Waals surface area contributed by atoms with Gasteiger partial charge < -0.3 is 19.0 Å². The van der Waals surface area contributed by atoms with Gasteiger partial charge in [0.15, 0.2) is 11.6 Å². The second-order valence-corrected chi connectivity index (χ2v) is 4.96. The molecule has 0 aliphatic carbocycles. The van der Waals surface area contributed by atoms with Crippen LogP contribution in [0.4, 0.5) is 4.39 Å². The number of halogens is 1. The molecule has 0 bridgehead atoms. The summed E-state index contributed by atoms with van der Waals surface area (Å²) in [4.78, 5) is 0. The summed E-state index contributed by atoms with van der Waals surface area (Å²) in [7, 11) is 1.38. The van der Waals surface area contributed by atoms with Crippen molar-refractivity contribution in [2.45, 2.75) is 6.10 Å². The molecule has 0 aliphatic heterocycles. The Bertz CT molecular complexity index is 808. The van der Waals surface area contributed by atoms with Crippen molar-refractivity contribution in [2.24, 2.45) is 0 Å². The molecule has 1 heterocycles. The normalized spacial score (nSPS) is 12.0. The summed E-state index contributed by atoms with van der Waals surface area (Å²) in [5, 5.41) is 17.7. The van der Waals surface area contributed by atoms with E-state index in [0.717, 1.165) is 0 Å². The van der Waals surface area contributed by atoms with E-state index in [1.54, 1.807) is 24.3 Å². The molecule has 1 N–H and O–H groups in total. The zero-order valence-electron chi connectivity index (χ0n) is 12.8. The van der Waals surface area contributed by atoms with Gasteiger partial charge in [0.2, 0.25) is 6.39 Å². The highest BCUT2D eigenvalue weighted by Gasteiger charge is 2.15. The number of ether oxygens (including phenoxy) is 2. The van der Waals surface area contributed by atoms with Crippen LogP contribution in [0.5, 0.6) is 11.5 Å². The molecule has 6 nitrogen and oxygen atoms in total. The molecule has 0 aliphatic rings. The Morgan fingerprint density at radius 1 is 1.21 bits per heavy atom. The monoisotopic (exact) mass is 330 g/mol. The molecule has 1 atom stereocenters. The lowest BCUT2D eigenvalue weighted by molar-refractivity contribution is 0.108. The van der Waals surface area contributed by atoms with Gasteiger partial charge in [-0.05, 0) is 29.8 Å². The van der Waals surface area contributed by atoms with Crippen LogP contribution < -0.4 is 9.47 Å². The van der Waals surface area contributed by atoms with Gasteiger partial charge in [0.1, 0.15) is 18.5 Å². The number of aliphatic hydroxyl groups is 1. The smallest absolute Gasteiger partial charge is 0.251 e. The van der Waals surface area contributed by atoms with Crippen LogP contribution in [0.1, 0.15) is 11.7 Å². The first kappa shape index (κ1) is 15.9. The number of rotatable bonds is 6. The SMILES string of the molecule is COc1ccc(C(O)COc2ccccc2-c2nnco2)cc1F. The Kier molecular flexibility index (Phi) is 4.72. The van der Waals surface area contributed by atoms with E-state index in [9.17, 15) is 9.50 Å². The first-order valence-electron chi connectivity index (χ1n) is 7.19. The maximum absolute atomic E-state index is 13.7. The predicted octanol–water partition coefficient (Wildman–Crippen LogP) is 3.00. The fourth-order valence-corrected chi connectivity index (χ4v) is 2.21. The van der Waals surface area contributed by atoms with Gasteiger partial charge >= 0.3 is 0 Å². The molecular formula is C17H15FN2O4. The predicted molar refractivity (Wildman–Crippen MR) is 83.1 cm³/mol. The summed E-state index contributed by atoms with van der Waals surface area (Å²) in [6, 6.07) is 11.3. The van der Waals surface area contributed by atoms with E-state index in [1.807, 2.05) is 6.07 Å². The van der Waals surface area contributed by atoms with Gasteiger partial charge in [-0.2, -0.15) is 0 Å². The average Bonchev–Trinajstić information content (AvgIpc) is 3.14. The minimum Gasteiger partial charge on any atom is -0.494 e. The molecule has 124 valence electrons. The molecule has 7 heteroatoms. The van der Waals surface area contributed by atoms with Crippen molar-refractivity contribution in [1.29, 1.82) is 0 Å². The molecule has 2 aromatic carbocycles. The maximum atomic E-state index is 13.7. The molecule has 0 fully saturated rings. The van der Waals surface area contributed by atoms with Crippen LogP contribution in [-0.4, -0.2) is 29.0 Å². The summed E-state index contributed by atoms with van der Waals surface area (Å²) in [6.45, 7) is -0.0586. The lowest BCUT2D eigenvalue weighted by atomic mass is 10.1. The highest BCUT2D eigenvalue weighted by molar-refractivity contribution is 5.62. The zero-order valence-corrected chi connectivity index (χ0v) is 12.8. The largest absolute Gasteiger partial charge is 0.494 e. The number of para-hydroxylation sites is 1. The first-order valence-corrected chi connectivity index (χ1v) is 7.19. The van der Waals surface area contributed by atoms with E-state index >= 15 is 0 Å². The second-order valence-electron chi connectivity index (χ2n) is 4.96. The molecule has 1 unspecified atom stereocenters. The van der Waals surface area contributed by atoms with Crippen molar-refractivity contribution >= 4 is 0 Å². The molecule has 0 saturated heterocycles. The van der Waals surface area contributed by atoms with E-state index in [4.69, 9.17) is 13.9 Å².